The monoisotopic (exact) mass is 255 g/mol. The molecule has 17 heavy (non-hydrogen) atoms. The molecule has 1 N–H and O–H groups in total. The van der Waals surface area contributed by atoms with Crippen LogP contribution in [0.25, 0.3) is 0 Å². The second kappa shape index (κ2) is 5.19. The van der Waals surface area contributed by atoms with Crippen LogP contribution in [0, 0.1) is 0 Å². The molecule has 0 saturated heterocycles. The predicted molar refractivity (Wildman–Crippen MR) is 65.5 cm³/mol. The third-order valence-corrected chi connectivity index (χ3v) is 1.99. The number of carbonyl (C=O) groups excluding carboxylic acids is 2. The number of carbonyl (C=O) groups is 2. The van der Waals surface area contributed by atoms with Crippen LogP contribution in [0.3, 0.4) is 0 Å². The van der Waals surface area contributed by atoms with Crippen LogP contribution in [-0.2, 0) is 0 Å². The summed E-state index contributed by atoms with van der Waals surface area (Å²) < 4.78 is 5.02. The highest BCUT2D eigenvalue weighted by atomic mass is 35.5. The second-order valence-corrected chi connectivity index (χ2v) is 4.91. The van der Waals surface area contributed by atoms with Crippen molar-refractivity contribution in [1.82, 2.24) is 5.32 Å². The van der Waals surface area contributed by atoms with E-state index in [4.69, 9.17) is 16.3 Å². The third-order valence-electron chi connectivity index (χ3n) is 1.77. The molecule has 0 spiro atoms. The quantitative estimate of drug-likeness (QED) is 0.827. The molecule has 0 fully saturated rings. The maximum Gasteiger partial charge on any atom is 0.413 e. The Labute approximate surface area is 105 Å². The van der Waals surface area contributed by atoms with Crippen LogP contribution in [0.2, 0.25) is 0 Å². The van der Waals surface area contributed by atoms with Crippen molar-refractivity contribution in [3.63, 3.8) is 0 Å². The molecule has 4 nitrogen and oxygen atoms in total. The van der Waals surface area contributed by atoms with Gasteiger partial charge in [-0.3, -0.25) is 4.79 Å². The Morgan fingerprint density at radius 3 is 2.12 bits per heavy atom. The molecule has 1 rings (SSSR count). The van der Waals surface area contributed by atoms with Crippen molar-refractivity contribution in [1.29, 1.82) is 0 Å². The number of benzene rings is 1. The maximum atomic E-state index is 11.4. The van der Waals surface area contributed by atoms with Crippen LogP contribution < -0.4 is 10.1 Å². The maximum absolute atomic E-state index is 11.4. The van der Waals surface area contributed by atoms with E-state index in [2.05, 4.69) is 5.32 Å². The summed E-state index contributed by atoms with van der Waals surface area (Å²) >= 11 is 5.29. The van der Waals surface area contributed by atoms with Gasteiger partial charge in [-0.25, -0.2) is 4.79 Å². The van der Waals surface area contributed by atoms with Gasteiger partial charge in [0.15, 0.2) is 0 Å². The highest BCUT2D eigenvalue weighted by molar-refractivity contribution is 6.67. The van der Waals surface area contributed by atoms with Gasteiger partial charge in [-0.2, -0.15) is 0 Å². The van der Waals surface area contributed by atoms with Gasteiger partial charge in [0.25, 0.3) is 5.24 Å². The third kappa shape index (κ3) is 4.87. The summed E-state index contributed by atoms with van der Waals surface area (Å²) in [7, 11) is 0. The van der Waals surface area contributed by atoms with Gasteiger partial charge in [0.05, 0.1) is 0 Å². The lowest BCUT2D eigenvalue weighted by Gasteiger charge is -2.19. The Morgan fingerprint density at radius 2 is 1.71 bits per heavy atom. The molecule has 0 aliphatic heterocycles. The molecule has 0 heterocycles. The molecule has 1 aromatic carbocycles. The number of ether oxygens (including phenoxy) is 1. The van der Waals surface area contributed by atoms with Gasteiger partial charge in [0.1, 0.15) is 5.75 Å². The van der Waals surface area contributed by atoms with Crippen molar-refractivity contribution in [3.8, 4) is 5.75 Å². The van der Waals surface area contributed by atoms with Crippen LogP contribution in [0.5, 0.6) is 5.75 Å². The summed E-state index contributed by atoms with van der Waals surface area (Å²) in [5, 5.41) is 2.11. The summed E-state index contributed by atoms with van der Waals surface area (Å²) in [6.07, 6.45) is -0.539. The molecule has 92 valence electrons. The average Bonchev–Trinajstić information content (AvgIpc) is 2.15. The van der Waals surface area contributed by atoms with Crippen LogP contribution in [0.15, 0.2) is 24.3 Å². The Hall–Kier alpha value is -1.55. The zero-order valence-electron chi connectivity index (χ0n) is 9.91. The van der Waals surface area contributed by atoms with Gasteiger partial charge in [-0.15, -0.1) is 0 Å². The van der Waals surface area contributed by atoms with Crippen molar-refractivity contribution in [2.75, 3.05) is 0 Å². The Morgan fingerprint density at radius 1 is 1.18 bits per heavy atom. The minimum Gasteiger partial charge on any atom is -0.410 e. The van der Waals surface area contributed by atoms with E-state index in [-0.39, 0.29) is 5.54 Å². The van der Waals surface area contributed by atoms with Crippen molar-refractivity contribution in [3.05, 3.63) is 29.8 Å². The van der Waals surface area contributed by atoms with Crippen molar-refractivity contribution < 1.29 is 14.3 Å². The van der Waals surface area contributed by atoms with Gasteiger partial charge >= 0.3 is 6.09 Å². The van der Waals surface area contributed by atoms with E-state index in [0.717, 1.165) is 0 Å². The molecule has 0 aromatic heterocycles. The number of rotatable bonds is 2. The zero-order chi connectivity index (χ0) is 13.1. The molecule has 1 aromatic rings. The lowest BCUT2D eigenvalue weighted by molar-refractivity contribution is 0.108. The number of amides is 1. The van der Waals surface area contributed by atoms with Gasteiger partial charge in [-0.1, -0.05) is 0 Å². The minimum absolute atomic E-state index is 0.355. The number of hydrogen-bond donors (Lipinski definition) is 1. The van der Waals surface area contributed by atoms with Crippen molar-refractivity contribution >= 4 is 22.9 Å². The Kier molecular flexibility index (Phi) is 4.12. The van der Waals surface area contributed by atoms with E-state index < -0.39 is 11.3 Å². The van der Waals surface area contributed by atoms with E-state index in [1.165, 1.54) is 24.3 Å². The van der Waals surface area contributed by atoms with Crippen LogP contribution in [0.4, 0.5) is 4.79 Å². The van der Waals surface area contributed by atoms with E-state index in [1.54, 1.807) is 0 Å². The summed E-state index contributed by atoms with van der Waals surface area (Å²) in [6, 6.07) is 6.01. The van der Waals surface area contributed by atoms with Crippen LogP contribution in [-0.4, -0.2) is 16.9 Å². The molecule has 0 aliphatic carbocycles. The van der Waals surface area contributed by atoms with E-state index in [1.807, 2.05) is 20.8 Å². The van der Waals surface area contributed by atoms with Crippen LogP contribution in [0.1, 0.15) is 31.1 Å². The Bertz CT molecular complexity index is 420. The standard InChI is InChI=1S/C12H14ClNO3/c1-12(2,3)14-11(16)17-9-6-4-8(5-7-9)10(13)15/h4-7H,1-3H3,(H,14,16). The Balaban J connectivity index is 2.64. The van der Waals surface area contributed by atoms with Crippen LogP contribution >= 0.6 is 11.6 Å². The minimum atomic E-state index is -0.546. The first-order valence-corrected chi connectivity index (χ1v) is 5.45. The molecule has 0 unspecified atom stereocenters. The fourth-order valence-corrected chi connectivity index (χ4v) is 1.22. The SMILES string of the molecule is CC(C)(C)NC(=O)Oc1ccc(C(=O)Cl)cc1. The molecule has 0 bridgehead atoms. The average molecular weight is 256 g/mol. The highest BCUT2D eigenvalue weighted by Crippen LogP contribution is 2.14. The molecular formula is C12H14ClNO3. The molecule has 1 amide bonds. The van der Waals surface area contributed by atoms with E-state index in [9.17, 15) is 9.59 Å². The first kappa shape index (κ1) is 13.5. The zero-order valence-corrected chi connectivity index (χ0v) is 10.7. The molecule has 0 atom stereocenters. The predicted octanol–water partition coefficient (Wildman–Crippen LogP) is 2.95. The largest absolute Gasteiger partial charge is 0.413 e. The number of halogens is 1. The lowest BCUT2D eigenvalue weighted by atomic mass is 10.1. The molecule has 0 saturated carbocycles. The van der Waals surface area contributed by atoms with Crippen molar-refractivity contribution in [2.45, 2.75) is 26.3 Å². The summed E-state index contributed by atoms with van der Waals surface area (Å²) in [6.45, 7) is 5.55. The molecular weight excluding hydrogens is 242 g/mol. The van der Waals surface area contributed by atoms with Gasteiger partial charge in [-0.05, 0) is 56.6 Å². The van der Waals surface area contributed by atoms with E-state index in [0.29, 0.717) is 11.3 Å². The van der Waals surface area contributed by atoms with Crippen molar-refractivity contribution in [2.24, 2.45) is 0 Å². The number of nitrogens with one attached hydrogen (secondary N) is 1. The highest BCUT2D eigenvalue weighted by Gasteiger charge is 2.15. The normalized spacial score (nSPS) is 10.8. The molecule has 0 aliphatic rings. The summed E-state index contributed by atoms with van der Waals surface area (Å²) in [4.78, 5) is 22.2. The fraction of sp³-hybridized carbons (Fsp3) is 0.333. The number of hydrogen-bond acceptors (Lipinski definition) is 3. The van der Waals surface area contributed by atoms with Gasteiger partial charge < -0.3 is 10.1 Å². The van der Waals surface area contributed by atoms with Gasteiger partial charge in [0.2, 0.25) is 0 Å². The second-order valence-electron chi connectivity index (χ2n) is 4.56. The summed E-state index contributed by atoms with van der Waals surface area (Å²) in [5.74, 6) is 0.355. The van der Waals surface area contributed by atoms with Gasteiger partial charge in [0, 0.05) is 11.1 Å². The first-order chi connectivity index (χ1) is 7.78. The molecule has 5 heteroatoms. The molecule has 0 radical (unpaired) electrons. The van der Waals surface area contributed by atoms with E-state index >= 15 is 0 Å². The topological polar surface area (TPSA) is 55.4 Å². The fourth-order valence-electron chi connectivity index (χ4n) is 1.09. The summed E-state index contributed by atoms with van der Waals surface area (Å²) in [5.41, 5.74) is -0.00130. The lowest BCUT2D eigenvalue weighted by Crippen LogP contribution is -2.42. The first-order valence-electron chi connectivity index (χ1n) is 5.08. The smallest absolute Gasteiger partial charge is 0.410 e.